The highest BCUT2D eigenvalue weighted by atomic mass is 35.5. The first-order valence-electron chi connectivity index (χ1n) is 8.85. The van der Waals surface area contributed by atoms with Gasteiger partial charge in [0.2, 0.25) is 12.7 Å². The van der Waals surface area contributed by atoms with Crippen LogP contribution in [0.2, 0.25) is 4.34 Å². The van der Waals surface area contributed by atoms with E-state index in [4.69, 9.17) is 21.1 Å². The molecule has 2 aliphatic rings. The van der Waals surface area contributed by atoms with Crippen molar-refractivity contribution in [1.82, 2.24) is 9.21 Å². The zero-order valence-electron chi connectivity index (χ0n) is 15.0. The summed E-state index contributed by atoms with van der Waals surface area (Å²) in [6, 6.07) is 8.77. The highest BCUT2D eigenvalue weighted by molar-refractivity contribution is 7.91. The van der Waals surface area contributed by atoms with Crippen molar-refractivity contribution in [2.24, 2.45) is 0 Å². The Morgan fingerprint density at radius 2 is 1.82 bits per heavy atom. The highest BCUT2D eigenvalue weighted by Crippen LogP contribution is 2.33. The number of rotatable bonds is 5. The number of benzene rings is 1. The van der Waals surface area contributed by atoms with E-state index < -0.39 is 10.0 Å². The summed E-state index contributed by atoms with van der Waals surface area (Å²) in [5.41, 5.74) is 1.01. The van der Waals surface area contributed by atoms with Crippen LogP contribution in [0.15, 0.2) is 34.5 Å². The molecule has 0 atom stereocenters. The van der Waals surface area contributed by atoms with Crippen molar-refractivity contribution in [2.45, 2.75) is 17.1 Å². The number of ether oxygens (including phenoxy) is 2. The minimum Gasteiger partial charge on any atom is -0.454 e. The molecular formula is C18H19ClN2O5S2. The summed E-state index contributed by atoms with van der Waals surface area (Å²) in [4.78, 5) is 14.2. The number of fused-ring (bicyclic) bond motifs is 1. The molecule has 1 saturated heterocycles. The van der Waals surface area contributed by atoms with Crippen molar-refractivity contribution in [1.29, 1.82) is 0 Å². The number of carbonyl (C=O) groups is 1. The predicted octanol–water partition coefficient (Wildman–Crippen LogP) is 2.60. The molecule has 3 heterocycles. The standard InChI is InChI=1S/C18H19ClN2O5S2/c19-16-4-6-18(27-16)28(23,24)21-9-7-20(8-10-21)17(22)5-2-13-1-3-14-15(11-13)26-12-25-14/h1,3-4,6,11H,2,5,7-10,12H2. The molecule has 1 aromatic heterocycles. The molecule has 28 heavy (non-hydrogen) atoms. The molecule has 0 radical (unpaired) electrons. The van der Waals surface area contributed by atoms with E-state index >= 15 is 0 Å². The molecule has 0 spiro atoms. The van der Waals surface area contributed by atoms with Crippen LogP contribution in [0.5, 0.6) is 11.5 Å². The molecule has 0 unspecified atom stereocenters. The van der Waals surface area contributed by atoms with Gasteiger partial charge in [-0.1, -0.05) is 17.7 Å². The Kier molecular flexibility index (Phi) is 5.50. The second-order valence-corrected chi connectivity index (χ2v) is 10.4. The van der Waals surface area contributed by atoms with Crippen LogP contribution >= 0.6 is 22.9 Å². The third kappa shape index (κ3) is 3.98. The Labute approximate surface area is 172 Å². The Hall–Kier alpha value is -1.81. The number of halogens is 1. The number of amides is 1. The Balaban J connectivity index is 1.30. The van der Waals surface area contributed by atoms with Crippen LogP contribution in [0.3, 0.4) is 0 Å². The Morgan fingerprint density at radius 1 is 1.07 bits per heavy atom. The van der Waals surface area contributed by atoms with Crippen molar-refractivity contribution in [3.05, 3.63) is 40.2 Å². The summed E-state index contributed by atoms with van der Waals surface area (Å²) >= 11 is 6.90. The molecule has 7 nitrogen and oxygen atoms in total. The van der Waals surface area contributed by atoms with Crippen LogP contribution in [0, 0.1) is 0 Å². The SMILES string of the molecule is O=C(CCc1ccc2c(c1)OCO2)N1CCN(S(=O)(=O)c2ccc(Cl)s2)CC1. The van der Waals surface area contributed by atoms with E-state index in [2.05, 4.69) is 0 Å². The van der Waals surface area contributed by atoms with Crippen LogP contribution in [-0.4, -0.2) is 56.5 Å². The summed E-state index contributed by atoms with van der Waals surface area (Å²) in [5, 5.41) is 0. The lowest BCUT2D eigenvalue weighted by molar-refractivity contribution is -0.132. The molecule has 1 aromatic carbocycles. The summed E-state index contributed by atoms with van der Waals surface area (Å²) in [6.45, 7) is 1.57. The van der Waals surface area contributed by atoms with Crippen LogP contribution in [0.4, 0.5) is 0 Å². The zero-order valence-corrected chi connectivity index (χ0v) is 17.4. The monoisotopic (exact) mass is 442 g/mol. The molecule has 0 aliphatic carbocycles. The number of hydrogen-bond donors (Lipinski definition) is 0. The molecule has 150 valence electrons. The Morgan fingerprint density at radius 3 is 2.54 bits per heavy atom. The minimum absolute atomic E-state index is 0.0221. The van der Waals surface area contributed by atoms with Gasteiger partial charge in [-0.15, -0.1) is 11.3 Å². The number of thiophene rings is 1. The summed E-state index contributed by atoms with van der Waals surface area (Å²) in [7, 11) is -3.55. The lowest BCUT2D eigenvalue weighted by Gasteiger charge is -2.33. The van der Waals surface area contributed by atoms with E-state index in [9.17, 15) is 13.2 Å². The summed E-state index contributed by atoms with van der Waals surface area (Å²) < 4.78 is 38.0. The van der Waals surface area contributed by atoms with Crippen LogP contribution in [-0.2, 0) is 21.2 Å². The van der Waals surface area contributed by atoms with Crippen LogP contribution < -0.4 is 9.47 Å². The molecule has 1 amide bonds. The van der Waals surface area contributed by atoms with E-state index in [-0.39, 0.29) is 30.0 Å². The number of aryl methyl sites for hydroxylation is 1. The largest absolute Gasteiger partial charge is 0.454 e. The molecule has 2 aromatic rings. The number of sulfonamides is 1. The Bertz CT molecular complexity index is 984. The van der Waals surface area contributed by atoms with Gasteiger partial charge in [0, 0.05) is 32.6 Å². The number of nitrogens with zero attached hydrogens (tertiary/aromatic N) is 2. The first-order valence-corrected chi connectivity index (χ1v) is 11.5. The first-order chi connectivity index (χ1) is 13.4. The van der Waals surface area contributed by atoms with Gasteiger partial charge in [-0.2, -0.15) is 4.31 Å². The van der Waals surface area contributed by atoms with E-state index in [1.165, 1.54) is 10.4 Å². The molecule has 0 N–H and O–H groups in total. The average molecular weight is 443 g/mol. The maximum absolute atomic E-state index is 12.6. The molecule has 0 bridgehead atoms. The predicted molar refractivity (Wildman–Crippen MR) is 106 cm³/mol. The van der Waals surface area contributed by atoms with Gasteiger partial charge in [0.15, 0.2) is 11.5 Å². The molecule has 2 aliphatic heterocycles. The van der Waals surface area contributed by atoms with Crippen molar-refractivity contribution in [2.75, 3.05) is 33.0 Å². The third-order valence-electron chi connectivity index (χ3n) is 4.80. The van der Waals surface area contributed by atoms with Gasteiger partial charge in [0.05, 0.1) is 4.34 Å². The second kappa shape index (κ2) is 7.90. The van der Waals surface area contributed by atoms with Gasteiger partial charge in [0.25, 0.3) is 10.0 Å². The van der Waals surface area contributed by atoms with E-state index in [0.29, 0.717) is 36.0 Å². The molecular weight excluding hydrogens is 424 g/mol. The first kappa shape index (κ1) is 19.5. The van der Waals surface area contributed by atoms with Crippen molar-refractivity contribution >= 4 is 38.9 Å². The fraction of sp³-hybridized carbons (Fsp3) is 0.389. The van der Waals surface area contributed by atoms with Crippen molar-refractivity contribution in [3.63, 3.8) is 0 Å². The normalized spacial score (nSPS) is 17.1. The lowest BCUT2D eigenvalue weighted by Crippen LogP contribution is -2.50. The maximum atomic E-state index is 12.6. The van der Waals surface area contributed by atoms with Gasteiger partial charge in [-0.05, 0) is 36.2 Å². The topological polar surface area (TPSA) is 76.2 Å². The molecule has 1 fully saturated rings. The number of piperazine rings is 1. The van der Waals surface area contributed by atoms with Crippen molar-refractivity contribution < 1.29 is 22.7 Å². The highest BCUT2D eigenvalue weighted by Gasteiger charge is 2.31. The summed E-state index contributed by atoms with van der Waals surface area (Å²) in [5.74, 6) is 1.45. The zero-order chi connectivity index (χ0) is 19.7. The van der Waals surface area contributed by atoms with Gasteiger partial charge in [0.1, 0.15) is 4.21 Å². The summed E-state index contributed by atoms with van der Waals surface area (Å²) in [6.07, 6.45) is 0.967. The fourth-order valence-corrected chi connectivity index (χ4v) is 6.31. The van der Waals surface area contributed by atoms with Crippen molar-refractivity contribution in [3.8, 4) is 11.5 Å². The fourth-order valence-electron chi connectivity index (χ4n) is 3.25. The quantitative estimate of drug-likeness (QED) is 0.711. The smallest absolute Gasteiger partial charge is 0.252 e. The molecule has 0 saturated carbocycles. The van der Waals surface area contributed by atoms with E-state index in [1.54, 1.807) is 11.0 Å². The van der Waals surface area contributed by atoms with Gasteiger partial charge in [-0.25, -0.2) is 8.42 Å². The van der Waals surface area contributed by atoms with Gasteiger partial charge >= 0.3 is 0 Å². The molecule has 10 heteroatoms. The van der Waals surface area contributed by atoms with Gasteiger partial charge < -0.3 is 14.4 Å². The van der Waals surface area contributed by atoms with E-state index in [0.717, 1.165) is 22.6 Å². The van der Waals surface area contributed by atoms with Gasteiger partial charge in [-0.3, -0.25) is 4.79 Å². The third-order valence-corrected chi connectivity index (χ3v) is 8.40. The lowest BCUT2D eigenvalue weighted by atomic mass is 10.1. The molecule has 4 rings (SSSR count). The average Bonchev–Trinajstić information content (AvgIpc) is 3.34. The number of carbonyl (C=O) groups excluding carboxylic acids is 1. The van der Waals surface area contributed by atoms with E-state index in [1.807, 2.05) is 18.2 Å². The maximum Gasteiger partial charge on any atom is 0.252 e. The van der Waals surface area contributed by atoms with Crippen LogP contribution in [0.25, 0.3) is 0 Å². The second-order valence-electron chi connectivity index (χ2n) is 6.53. The van der Waals surface area contributed by atoms with Crippen LogP contribution in [0.1, 0.15) is 12.0 Å². The minimum atomic E-state index is -3.55. The number of hydrogen-bond acceptors (Lipinski definition) is 6.